The maximum absolute atomic E-state index is 13.5. The zero-order chi connectivity index (χ0) is 13.0. The van der Waals surface area contributed by atoms with E-state index in [2.05, 4.69) is 26.2 Å². The molecule has 1 atom stereocenters. The van der Waals surface area contributed by atoms with E-state index in [0.29, 0.717) is 12.1 Å². The maximum atomic E-state index is 13.5. The van der Waals surface area contributed by atoms with Crippen LogP contribution in [0.1, 0.15) is 24.2 Å². The fourth-order valence-electron chi connectivity index (χ4n) is 1.68. The lowest BCUT2D eigenvalue weighted by molar-refractivity contribution is 0.536. The van der Waals surface area contributed by atoms with E-state index in [-0.39, 0.29) is 11.9 Å². The third-order valence-electron chi connectivity index (χ3n) is 2.74. The van der Waals surface area contributed by atoms with Gasteiger partial charge in [-0.1, -0.05) is 22.0 Å². The number of hydrogen-bond donors (Lipinski definition) is 1. The fourth-order valence-corrected chi connectivity index (χ4v) is 2.09. The van der Waals surface area contributed by atoms with Gasteiger partial charge >= 0.3 is 0 Å². The highest BCUT2D eigenvalue weighted by Crippen LogP contribution is 2.16. The standard InChI is InChI=1S/C14H14BrFN2/c1-10(14-4-2-3-7-17-14)18-9-11-8-12(15)5-6-13(11)16/h2-8,10,18H,9H2,1H3/t10-/m1/s1. The lowest BCUT2D eigenvalue weighted by Crippen LogP contribution is -2.19. The van der Waals surface area contributed by atoms with Crippen molar-refractivity contribution >= 4 is 15.9 Å². The highest BCUT2D eigenvalue weighted by Gasteiger charge is 2.08. The van der Waals surface area contributed by atoms with E-state index in [1.165, 1.54) is 6.07 Å². The summed E-state index contributed by atoms with van der Waals surface area (Å²) in [6.45, 7) is 2.49. The number of halogens is 2. The first-order valence-corrected chi connectivity index (χ1v) is 6.54. The van der Waals surface area contributed by atoms with Gasteiger partial charge in [-0.05, 0) is 37.3 Å². The molecule has 1 heterocycles. The highest BCUT2D eigenvalue weighted by molar-refractivity contribution is 9.10. The van der Waals surface area contributed by atoms with Crippen LogP contribution in [0.2, 0.25) is 0 Å². The molecule has 0 aliphatic rings. The van der Waals surface area contributed by atoms with Crippen molar-refractivity contribution in [2.75, 3.05) is 0 Å². The molecule has 0 fully saturated rings. The minimum absolute atomic E-state index is 0.0876. The fraction of sp³-hybridized carbons (Fsp3) is 0.214. The summed E-state index contributed by atoms with van der Waals surface area (Å²) in [5.74, 6) is -0.195. The Labute approximate surface area is 114 Å². The zero-order valence-electron chi connectivity index (χ0n) is 10.0. The summed E-state index contributed by atoms with van der Waals surface area (Å²) in [6.07, 6.45) is 1.76. The second kappa shape index (κ2) is 6.07. The molecule has 0 amide bonds. The van der Waals surface area contributed by atoms with Crippen molar-refractivity contribution in [3.63, 3.8) is 0 Å². The first-order chi connectivity index (χ1) is 8.66. The number of rotatable bonds is 4. The molecule has 1 aromatic carbocycles. The van der Waals surface area contributed by atoms with Crippen LogP contribution in [0.15, 0.2) is 47.1 Å². The highest BCUT2D eigenvalue weighted by atomic mass is 79.9. The van der Waals surface area contributed by atoms with Crippen molar-refractivity contribution in [1.29, 1.82) is 0 Å². The molecule has 1 N–H and O–H groups in total. The molecule has 0 bridgehead atoms. The molecule has 2 aromatic rings. The Kier molecular flexibility index (Phi) is 4.44. The van der Waals surface area contributed by atoms with E-state index in [1.807, 2.05) is 25.1 Å². The average molecular weight is 309 g/mol. The van der Waals surface area contributed by atoms with Crippen molar-refractivity contribution in [2.45, 2.75) is 19.5 Å². The Morgan fingerprint density at radius 3 is 2.89 bits per heavy atom. The summed E-state index contributed by atoms with van der Waals surface area (Å²) in [6, 6.07) is 10.8. The topological polar surface area (TPSA) is 24.9 Å². The Morgan fingerprint density at radius 1 is 1.33 bits per heavy atom. The van der Waals surface area contributed by atoms with Gasteiger partial charge in [0, 0.05) is 28.8 Å². The predicted octanol–water partition coefficient (Wildman–Crippen LogP) is 3.83. The van der Waals surface area contributed by atoms with E-state index >= 15 is 0 Å². The summed E-state index contributed by atoms with van der Waals surface area (Å²) in [5.41, 5.74) is 1.60. The van der Waals surface area contributed by atoms with Crippen LogP contribution in [0, 0.1) is 5.82 Å². The first kappa shape index (κ1) is 13.2. The van der Waals surface area contributed by atoms with E-state index in [4.69, 9.17) is 0 Å². The van der Waals surface area contributed by atoms with E-state index in [0.717, 1.165) is 10.2 Å². The van der Waals surface area contributed by atoms with Gasteiger partial charge in [-0.3, -0.25) is 4.98 Å². The molecule has 4 heteroatoms. The largest absolute Gasteiger partial charge is 0.305 e. The zero-order valence-corrected chi connectivity index (χ0v) is 11.6. The summed E-state index contributed by atoms with van der Waals surface area (Å²) in [5, 5.41) is 3.26. The molecule has 0 aliphatic carbocycles. The molecule has 0 aliphatic heterocycles. The Hall–Kier alpha value is -1.26. The first-order valence-electron chi connectivity index (χ1n) is 5.75. The van der Waals surface area contributed by atoms with Crippen LogP contribution in [0.4, 0.5) is 4.39 Å². The van der Waals surface area contributed by atoms with Crippen molar-refractivity contribution in [3.05, 3.63) is 64.1 Å². The third kappa shape index (κ3) is 3.37. The number of aromatic nitrogens is 1. The minimum atomic E-state index is -0.195. The molecule has 2 rings (SSSR count). The number of benzene rings is 1. The van der Waals surface area contributed by atoms with Crippen LogP contribution in [0.5, 0.6) is 0 Å². The molecule has 1 aromatic heterocycles. The van der Waals surface area contributed by atoms with Gasteiger partial charge in [0.05, 0.1) is 5.69 Å². The second-order valence-corrected chi connectivity index (χ2v) is 5.01. The average Bonchev–Trinajstić information content (AvgIpc) is 2.40. The molecule has 0 unspecified atom stereocenters. The number of nitrogens with one attached hydrogen (secondary N) is 1. The van der Waals surface area contributed by atoms with Crippen molar-refractivity contribution in [2.24, 2.45) is 0 Å². The summed E-state index contributed by atoms with van der Waals surface area (Å²) in [4.78, 5) is 4.27. The Balaban J connectivity index is 2.01. The quantitative estimate of drug-likeness (QED) is 0.928. The van der Waals surface area contributed by atoms with Crippen LogP contribution < -0.4 is 5.32 Å². The van der Waals surface area contributed by atoms with Gasteiger partial charge in [-0.2, -0.15) is 0 Å². The molecule has 2 nitrogen and oxygen atoms in total. The van der Waals surface area contributed by atoms with Crippen molar-refractivity contribution < 1.29 is 4.39 Å². The lowest BCUT2D eigenvalue weighted by Gasteiger charge is -2.13. The third-order valence-corrected chi connectivity index (χ3v) is 3.23. The second-order valence-electron chi connectivity index (χ2n) is 4.09. The van der Waals surface area contributed by atoms with Crippen LogP contribution in [-0.2, 0) is 6.54 Å². The van der Waals surface area contributed by atoms with Crippen LogP contribution in [-0.4, -0.2) is 4.98 Å². The van der Waals surface area contributed by atoms with Crippen LogP contribution in [0.25, 0.3) is 0 Å². The number of pyridine rings is 1. The molecule has 18 heavy (non-hydrogen) atoms. The maximum Gasteiger partial charge on any atom is 0.127 e. The van der Waals surface area contributed by atoms with Gasteiger partial charge in [0.2, 0.25) is 0 Å². The van der Waals surface area contributed by atoms with Gasteiger partial charge < -0.3 is 5.32 Å². The number of nitrogens with zero attached hydrogens (tertiary/aromatic N) is 1. The monoisotopic (exact) mass is 308 g/mol. The smallest absolute Gasteiger partial charge is 0.127 e. The van der Waals surface area contributed by atoms with Gasteiger partial charge in [-0.25, -0.2) is 4.39 Å². The van der Waals surface area contributed by atoms with Gasteiger partial charge in [0.15, 0.2) is 0 Å². The summed E-state index contributed by atoms with van der Waals surface area (Å²) < 4.78 is 14.4. The summed E-state index contributed by atoms with van der Waals surface area (Å²) in [7, 11) is 0. The van der Waals surface area contributed by atoms with Gasteiger partial charge in [0.1, 0.15) is 5.82 Å². The van der Waals surface area contributed by atoms with Crippen LogP contribution >= 0.6 is 15.9 Å². The van der Waals surface area contributed by atoms with Crippen LogP contribution in [0.3, 0.4) is 0 Å². The lowest BCUT2D eigenvalue weighted by atomic mass is 10.1. The predicted molar refractivity (Wildman–Crippen MR) is 73.6 cm³/mol. The summed E-state index contributed by atoms with van der Waals surface area (Å²) >= 11 is 3.34. The van der Waals surface area contributed by atoms with Gasteiger partial charge in [-0.15, -0.1) is 0 Å². The number of hydrogen-bond acceptors (Lipinski definition) is 2. The molecule has 0 spiro atoms. The molecular formula is C14H14BrFN2. The van der Waals surface area contributed by atoms with E-state index in [1.54, 1.807) is 18.3 Å². The van der Waals surface area contributed by atoms with Crippen molar-refractivity contribution in [1.82, 2.24) is 10.3 Å². The Bertz CT molecular complexity index is 516. The Morgan fingerprint density at radius 2 is 2.17 bits per heavy atom. The molecular weight excluding hydrogens is 295 g/mol. The van der Waals surface area contributed by atoms with Gasteiger partial charge in [0.25, 0.3) is 0 Å². The van der Waals surface area contributed by atoms with Crippen molar-refractivity contribution in [3.8, 4) is 0 Å². The molecule has 0 saturated carbocycles. The minimum Gasteiger partial charge on any atom is -0.305 e. The van der Waals surface area contributed by atoms with E-state index in [9.17, 15) is 4.39 Å². The molecule has 0 radical (unpaired) electrons. The molecule has 0 saturated heterocycles. The molecule has 94 valence electrons. The van der Waals surface area contributed by atoms with E-state index < -0.39 is 0 Å². The normalized spacial score (nSPS) is 12.4. The SMILES string of the molecule is C[C@@H](NCc1cc(Br)ccc1F)c1ccccn1.